The third kappa shape index (κ3) is 4.64. The molecule has 2 saturated heterocycles. The molecule has 2 fully saturated rings. The summed E-state index contributed by atoms with van der Waals surface area (Å²) in [6.45, 7) is 5.78. The number of piperidine rings is 1. The summed E-state index contributed by atoms with van der Waals surface area (Å²) in [5, 5.41) is 0. The fraction of sp³-hybridized carbons (Fsp3) is 0.538. The highest BCUT2D eigenvalue weighted by molar-refractivity contribution is 5.95. The van der Waals surface area contributed by atoms with E-state index in [0.29, 0.717) is 31.8 Å². The van der Waals surface area contributed by atoms with E-state index in [1.807, 2.05) is 47.1 Å². The molecule has 7 heteroatoms. The second-order valence-electron chi connectivity index (χ2n) is 9.52. The van der Waals surface area contributed by atoms with Crippen LogP contribution in [0.1, 0.15) is 67.2 Å². The Morgan fingerprint density at radius 2 is 1.76 bits per heavy atom. The summed E-state index contributed by atoms with van der Waals surface area (Å²) in [5.41, 5.74) is 3.06. The Morgan fingerprint density at radius 3 is 2.55 bits per heavy atom. The normalized spacial score (nSPS) is 21.4. The number of aromatic nitrogens is 2. The van der Waals surface area contributed by atoms with Crippen LogP contribution in [0.2, 0.25) is 0 Å². The Bertz CT molecular complexity index is 1020. The van der Waals surface area contributed by atoms with Gasteiger partial charge in [-0.1, -0.05) is 30.3 Å². The van der Waals surface area contributed by atoms with Gasteiger partial charge in [-0.25, -0.2) is 9.97 Å². The average molecular weight is 448 g/mol. The molecule has 4 heterocycles. The van der Waals surface area contributed by atoms with E-state index in [9.17, 15) is 9.59 Å². The molecule has 174 valence electrons. The van der Waals surface area contributed by atoms with Gasteiger partial charge in [0.15, 0.2) is 5.82 Å². The van der Waals surface area contributed by atoms with Gasteiger partial charge in [-0.2, -0.15) is 0 Å². The Labute approximate surface area is 195 Å². The van der Waals surface area contributed by atoms with Crippen LogP contribution in [0.4, 0.5) is 5.82 Å². The van der Waals surface area contributed by atoms with Crippen LogP contribution in [-0.2, 0) is 22.6 Å². The SMILES string of the molecule is Cc1nc([C@H]2CCCCN2C(=O)CN2CCCC2)nc2c1CCC(=O)N2Cc1ccccc1. The quantitative estimate of drug-likeness (QED) is 0.703. The summed E-state index contributed by atoms with van der Waals surface area (Å²) >= 11 is 0. The molecule has 2 amide bonds. The maximum atomic E-state index is 13.2. The van der Waals surface area contributed by atoms with Crippen molar-refractivity contribution in [1.82, 2.24) is 19.8 Å². The van der Waals surface area contributed by atoms with Crippen molar-refractivity contribution in [2.24, 2.45) is 0 Å². The molecule has 3 aliphatic rings. The number of nitrogens with zero attached hydrogens (tertiary/aromatic N) is 5. The van der Waals surface area contributed by atoms with Gasteiger partial charge in [0, 0.05) is 24.2 Å². The van der Waals surface area contributed by atoms with Gasteiger partial charge in [-0.05, 0) is 64.1 Å². The molecular weight excluding hydrogens is 414 g/mol. The van der Waals surface area contributed by atoms with Gasteiger partial charge in [0.2, 0.25) is 11.8 Å². The van der Waals surface area contributed by atoms with Gasteiger partial charge in [0.05, 0.1) is 19.1 Å². The molecule has 2 aromatic rings. The molecule has 0 saturated carbocycles. The molecule has 0 N–H and O–H groups in total. The van der Waals surface area contributed by atoms with Crippen LogP contribution >= 0.6 is 0 Å². The highest BCUT2D eigenvalue weighted by Gasteiger charge is 2.34. The predicted molar refractivity (Wildman–Crippen MR) is 127 cm³/mol. The largest absolute Gasteiger partial charge is 0.331 e. The minimum absolute atomic E-state index is 0.0982. The van der Waals surface area contributed by atoms with Crippen molar-refractivity contribution in [3.8, 4) is 0 Å². The van der Waals surface area contributed by atoms with Crippen LogP contribution in [0.5, 0.6) is 0 Å². The summed E-state index contributed by atoms with van der Waals surface area (Å²) in [5.74, 6) is 1.70. The summed E-state index contributed by atoms with van der Waals surface area (Å²) in [6, 6.07) is 9.93. The number of carbonyl (C=O) groups is 2. The first-order valence-corrected chi connectivity index (χ1v) is 12.3. The Balaban J connectivity index is 1.45. The van der Waals surface area contributed by atoms with Crippen LogP contribution < -0.4 is 4.90 Å². The molecule has 0 bridgehead atoms. The van der Waals surface area contributed by atoms with Gasteiger partial charge in [-0.15, -0.1) is 0 Å². The van der Waals surface area contributed by atoms with Crippen molar-refractivity contribution in [3.63, 3.8) is 0 Å². The lowest BCUT2D eigenvalue weighted by Gasteiger charge is -2.37. The topological polar surface area (TPSA) is 69.6 Å². The number of benzene rings is 1. The zero-order chi connectivity index (χ0) is 22.8. The first kappa shape index (κ1) is 22.0. The van der Waals surface area contributed by atoms with Crippen LogP contribution in [0.3, 0.4) is 0 Å². The second-order valence-corrected chi connectivity index (χ2v) is 9.52. The maximum absolute atomic E-state index is 13.2. The molecule has 1 aromatic carbocycles. The molecule has 1 atom stereocenters. The fourth-order valence-electron chi connectivity index (χ4n) is 5.40. The molecule has 0 spiro atoms. The minimum Gasteiger partial charge on any atom is -0.331 e. The number of hydrogen-bond acceptors (Lipinski definition) is 5. The van der Waals surface area contributed by atoms with Crippen LogP contribution in [-0.4, -0.2) is 57.8 Å². The standard InChI is InChI=1S/C26H33N5O2/c1-19-21-12-13-23(32)31(17-20-9-3-2-4-10-20)26(21)28-25(27-19)22-11-5-6-16-30(22)24(33)18-29-14-7-8-15-29/h2-4,9-10,22H,5-8,11-18H2,1H3/t22-/m1/s1. The highest BCUT2D eigenvalue weighted by atomic mass is 16.2. The lowest BCUT2D eigenvalue weighted by atomic mass is 9.99. The first-order chi connectivity index (χ1) is 16.1. The van der Waals surface area contributed by atoms with Crippen LogP contribution in [0, 0.1) is 6.92 Å². The van der Waals surface area contributed by atoms with Gasteiger partial charge in [0.25, 0.3) is 0 Å². The predicted octanol–water partition coefficient (Wildman–Crippen LogP) is 3.41. The van der Waals surface area contributed by atoms with E-state index in [1.54, 1.807) is 0 Å². The molecule has 5 rings (SSSR count). The van der Waals surface area contributed by atoms with Gasteiger partial charge in [0.1, 0.15) is 5.82 Å². The van der Waals surface area contributed by atoms with Gasteiger partial charge in [-0.3, -0.25) is 19.4 Å². The third-order valence-corrected chi connectivity index (χ3v) is 7.22. The summed E-state index contributed by atoms with van der Waals surface area (Å²) in [6.07, 6.45) is 6.46. The average Bonchev–Trinajstić information content (AvgIpc) is 3.34. The van der Waals surface area contributed by atoms with E-state index in [4.69, 9.17) is 9.97 Å². The molecule has 33 heavy (non-hydrogen) atoms. The third-order valence-electron chi connectivity index (χ3n) is 7.22. The summed E-state index contributed by atoms with van der Waals surface area (Å²) in [4.78, 5) is 42.1. The number of aryl methyl sites for hydroxylation is 1. The number of likely N-dealkylation sites (tertiary alicyclic amines) is 2. The number of amides is 2. The monoisotopic (exact) mass is 447 g/mol. The molecule has 1 aromatic heterocycles. The fourth-order valence-corrected chi connectivity index (χ4v) is 5.40. The van der Waals surface area contributed by atoms with E-state index < -0.39 is 0 Å². The van der Waals surface area contributed by atoms with Crippen molar-refractivity contribution in [3.05, 3.63) is 53.0 Å². The molecule has 0 aliphatic carbocycles. The van der Waals surface area contributed by atoms with E-state index in [-0.39, 0.29) is 17.9 Å². The van der Waals surface area contributed by atoms with Gasteiger partial charge >= 0.3 is 0 Å². The van der Waals surface area contributed by atoms with Crippen molar-refractivity contribution in [1.29, 1.82) is 0 Å². The number of rotatable bonds is 5. The molecule has 0 radical (unpaired) electrons. The molecule has 0 unspecified atom stereocenters. The van der Waals surface area contributed by atoms with E-state index in [0.717, 1.165) is 61.5 Å². The van der Waals surface area contributed by atoms with Crippen molar-refractivity contribution >= 4 is 17.6 Å². The molecule has 7 nitrogen and oxygen atoms in total. The zero-order valence-electron chi connectivity index (χ0n) is 19.5. The van der Waals surface area contributed by atoms with Crippen LogP contribution in [0.25, 0.3) is 0 Å². The Kier molecular flexibility index (Phi) is 6.40. The first-order valence-electron chi connectivity index (χ1n) is 12.3. The van der Waals surface area contributed by atoms with Crippen LogP contribution in [0.15, 0.2) is 30.3 Å². The van der Waals surface area contributed by atoms with E-state index >= 15 is 0 Å². The Hall–Kier alpha value is -2.80. The summed E-state index contributed by atoms with van der Waals surface area (Å²) < 4.78 is 0. The highest BCUT2D eigenvalue weighted by Crippen LogP contribution is 2.34. The number of carbonyl (C=O) groups excluding carboxylic acids is 2. The second kappa shape index (κ2) is 9.59. The maximum Gasteiger partial charge on any atom is 0.237 e. The molecular formula is C26H33N5O2. The van der Waals surface area contributed by atoms with Crippen molar-refractivity contribution < 1.29 is 9.59 Å². The minimum atomic E-state index is -0.117. The lowest BCUT2D eigenvalue weighted by Crippen LogP contribution is -2.44. The smallest absolute Gasteiger partial charge is 0.237 e. The lowest BCUT2D eigenvalue weighted by molar-refractivity contribution is -0.136. The zero-order valence-corrected chi connectivity index (χ0v) is 19.5. The Morgan fingerprint density at radius 1 is 1.00 bits per heavy atom. The van der Waals surface area contributed by atoms with E-state index in [1.165, 1.54) is 12.8 Å². The number of fused-ring (bicyclic) bond motifs is 1. The van der Waals surface area contributed by atoms with Gasteiger partial charge < -0.3 is 4.90 Å². The van der Waals surface area contributed by atoms with Crippen molar-refractivity contribution in [2.45, 2.75) is 64.5 Å². The van der Waals surface area contributed by atoms with E-state index in [2.05, 4.69) is 4.90 Å². The molecule has 3 aliphatic heterocycles. The van der Waals surface area contributed by atoms with Crippen molar-refractivity contribution in [2.75, 3.05) is 31.1 Å². The number of hydrogen-bond donors (Lipinski definition) is 0. The summed E-state index contributed by atoms with van der Waals surface area (Å²) in [7, 11) is 0. The number of anilines is 1.